The summed E-state index contributed by atoms with van der Waals surface area (Å²) in [5, 5.41) is 15.5. The fourth-order valence-electron chi connectivity index (χ4n) is 2.98. The summed E-state index contributed by atoms with van der Waals surface area (Å²) in [6.45, 7) is 3.07. The van der Waals surface area contributed by atoms with Crippen LogP contribution >= 0.6 is 23.1 Å². The smallest absolute Gasteiger partial charge is 0.230 e. The Morgan fingerprint density at radius 1 is 1.36 bits per heavy atom. The van der Waals surface area contributed by atoms with Crippen LogP contribution in [-0.2, 0) is 11.2 Å². The van der Waals surface area contributed by atoms with Crippen LogP contribution in [0, 0.1) is 0 Å². The highest BCUT2D eigenvalue weighted by Gasteiger charge is 2.21. The molecule has 7 heteroatoms. The second-order valence-electron chi connectivity index (χ2n) is 6.15. The van der Waals surface area contributed by atoms with E-state index in [4.69, 9.17) is 0 Å². The lowest BCUT2D eigenvalue weighted by atomic mass is 9.88. The summed E-state index contributed by atoms with van der Waals surface area (Å²) >= 11 is 2.96. The van der Waals surface area contributed by atoms with Crippen molar-refractivity contribution in [3.8, 4) is 0 Å². The molecule has 0 aliphatic heterocycles. The molecule has 1 atom stereocenters. The van der Waals surface area contributed by atoms with Crippen molar-refractivity contribution in [2.45, 2.75) is 49.4 Å². The fourth-order valence-corrected chi connectivity index (χ4v) is 4.57. The summed E-state index contributed by atoms with van der Waals surface area (Å²) < 4.78 is 0.832. The van der Waals surface area contributed by atoms with E-state index in [2.05, 4.69) is 46.0 Å². The van der Waals surface area contributed by atoms with Gasteiger partial charge in [-0.3, -0.25) is 4.79 Å². The lowest BCUT2D eigenvalue weighted by molar-refractivity contribution is -0.119. The Labute approximate surface area is 157 Å². The number of fused-ring (bicyclic) bond motifs is 1. The number of aromatic nitrogens is 2. The van der Waals surface area contributed by atoms with Gasteiger partial charge in [-0.05, 0) is 36.8 Å². The van der Waals surface area contributed by atoms with E-state index in [-0.39, 0.29) is 11.9 Å². The summed E-state index contributed by atoms with van der Waals surface area (Å²) in [6.07, 6.45) is 5.51. The van der Waals surface area contributed by atoms with Crippen LogP contribution in [0.15, 0.2) is 28.6 Å². The first-order chi connectivity index (χ1) is 12.3. The number of carbonyl (C=O) groups excluding carboxylic acids is 1. The third-order valence-electron chi connectivity index (χ3n) is 4.24. The zero-order valence-corrected chi connectivity index (χ0v) is 16.1. The third-order valence-corrected chi connectivity index (χ3v) is 6.26. The van der Waals surface area contributed by atoms with E-state index in [0.717, 1.165) is 48.1 Å². The van der Waals surface area contributed by atoms with Gasteiger partial charge in [0.25, 0.3) is 0 Å². The number of benzene rings is 1. The maximum Gasteiger partial charge on any atom is 0.230 e. The minimum absolute atomic E-state index is 0.0578. The minimum Gasteiger partial charge on any atom is -0.360 e. The summed E-state index contributed by atoms with van der Waals surface area (Å²) in [6, 6.07) is 8.55. The number of hydrogen-bond acceptors (Lipinski definition) is 6. The molecule has 0 spiro atoms. The molecule has 1 aromatic heterocycles. The van der Waals surface area contributed by atoms with Crippen LogP contribution in [0.5, 0.6) is 0 Å². The lowest BCUT2D eigenvalue weighted by Crippen LogP contribution is -2.32. The summed E-state index contributed by atoms with van der Waals surface area (Å²) in [4.78, 5) is 12.3. The number of carbonyl (C=O) groups is 1. The van der Waals surface area contributed by atoms with Gasteiger partial charge >= 0.3 is 0 Å². The number of rotatable bonds is 8. The first kappa shape index (κ1) is 18.2. The summed E-state index contributed by atoms with van der Waals surface area (Å²) in [7, 11) is 0. The number of thioether (sulfide) groups is 1. The second kappa shape index (κ2) is 9.20. The zero-order chi connectivity index (χ0) is 17.5. The Hall–Kier alpha value is -1.60. The molecule has 0 saturated heterocycles. The maximum absolute atomic E-state index is 12.3. The van der Waals surface area contributed by atoms with Crippen molar-refractivity contribution < 1.29 is 4.79 Å². The molecule has 1 aliphatic rings. The van der Waals surface area contributed by atoms with Gasteiger partial charge in [0.1, 0.15) is 0 Å². The SMILES string of the molecule is CCCCNc1nnc(SCC(=O)N[C@@H]2CCCc3ccccc32)s1. The topological polar surface area (TPSA) is 66.9 Å². The van der Waals surface area contributed by atoms with Gasteiger partial charge in [-0.25, -0.2) is 0 Å². The molecular formula is C18H24N4OS2. The van der Waals surface area contributed by atoms with E-state index in [1.807, 2.05) is 6.07 Å². The molecule has 0 radical (unpaired) electrons. The molecule has 1 heterocycles. The van der Waals surface area contributed by atoms with Crippen LogP contribution in [0.1, 0.15) is 49.8 Å². The van der Waals surface area contributed by atoms with Crippen LogP contribution in [0.25, 0.3) is 0 Å². The second-order valence-corrected chi connectivity index (χ2v) is 8.35. The van der Waals surface area contributed by atoms with Crippen LogP contribution in [-0.4, -0.2) is 28.4 Å². The molecule has 3 rings (SSSR count). The number of aryl methyl sites for hydroxylation is 1. The fraction of sp³-hybridized carbons (Fsp3) is 0.500. The maximum atomic E-state index is 12.3. The number of nitrogens with zero attached hydrogens (tertiary/aromatic N) is 2. The Bertz CT molecular complexity index is 704. The van der Waals surface area contributed by atoms with Gasteiger partial charge in [-0.15, -0.1) is 10.2 Å². The molecule has 1 amide bonds. The van der Waals surface area contributed by atoms with E-state index in [9.17, 15) is 4.79 Å². The molecular weight excluding hydrogens is 352 g/mol. The molecule has 134 valence electrons. The summed E-state index contributed by atoms with van der Waals surface area (Å²) in [5.41, 5.74) is 2.63. The third kappa shape index (κ3) is 5.19. The van der Waals surface area contributed by atoms with E-state index in [1.54, 1.807) is 0 Å². The van der Waals surface area contributed by atoms with Gasteiger partial charge in [0.05, 0.1) is 11.8 Å². The molecule has 0 bridgehead atoms. The number of hydrogen-bond donors (Lipinski definition) is 2. The molecule has 2 N–H and O–H groups in total. The van der Waals surface area contributed by atoms with E-state index in [0.29, 0.717) is 5.75 Å². The van der Waals surface area contributed by atoms with Gasteiger partial charge in [0.15, 0.2) is 4.34 Å². The predicted molar refractivity (Wildman–Crippen MR) is 104 cm³/mol. The Morgan fingerprint density at radius 2 is 2.24 bits per heavy atom. The largest absolute Gasteiger partial charge is 0.360 e. The van der Waals surface area contributed by atoms with Gasteiger partial charge in [-0.1, -0.05) is 60.7 Å². The Balaban J connectivity index is 1.47. The highest BCUT2D eigenvalue weighted by Crippen LogP contribution is 2.30. The van der Waals surface area contributed by atoms with Crippen LogP contribution in [0.4, 0.5) is 5.13 Å². The van der Waals surface area contributed by atoms with Crippen LogP contribution < -0.4 is 10.6 Å². The van der Waals surface area contributed by atoms with Crippen molar-refractivity contribution >= 4 is 34.1 Å². The van der Waals surface area contributed by atoms with Gasteiger partial charge in [0.2, 0.25) is 11.0 Å². The van der Waals surface area contributed by atoms with Crippen LogP contribution in [0.3, 0.4) is 0 Å². The van der Waals surface area contributed by atoms with Gasteiger partial charge in [0, 0.05) is 6.54 Å². The van der Waals surface area contributed by atoms with E-state index in [1.165, 1.54) is 34.2 Å². The molecule has 2 aromatic rings. The zero-order valence-electron chi connectivity index (χ0n) is 14.5. The number of nitrogens with one attached hydrogen (secondary N) is 2. The lowest BCUT2D eigenvalue weighted by Gasteiger charge is -2.26. The van der Waals surface area contributed by atoms with E-state index >= 15 is 0 Å². The molecule has 0 fully saturated rings. The average molecular weight is 377 g/mol. The molecule has 1 aliphatic carbocycles. The molecule has 0 saturated carbocycles. The van der Waals surface area contributed by atoms with Crippen molar-refractivity contribution in [1.82, 2.24) is 15.5 Å². The Morgan fingerprint density at radius 3 is 3.12 bits per heavy atom. The highest BCUT2D eigenvalue weighted by atomic mass is 32.2. The normalized spacial score (nSPS) is 16.3. The molecule has 0 unspecified atom stereocenters. The van der Waals surface area contributed by atoms with Crippen molar-refractivity contribution in [2.24, 2.45) is 0 Å². The summed E-state index contributed by atoms with van der Waals surface area (Å²) in [5.74, 6) is 0.435. The van der Waals surface area contributed by atoms with Crippen molar-refractivity contribution in [3.63, 3.8) is 0 Å². The standard InChI is InChI=1S/C18H24N4OS2/c1-2-3-11-19-17-21-22-18(25-17)24-12-16(23)20-15-10-6-8-13-7-4-5-9-14(13)15/h4-5,7,9,15H,2-3,6,8,10-12H2,1H3,(H,19,21)(H,20,23)/t15-/m1/s1. The molecule has 25 heavy (non-hydrogen) atoms. The van der Waals surface area contributed by atoms with Crippen molar-refractivity contribution in [2.75, 3.05) is 17.6 Å². The Kier molecular flexibility index (Phi) is 6.69. The monoisotopic (exact) mass is 376 g/mol. The number of amides is 1. The van der Waals surface area contributed by atoms with Crippen molar-refractivity contribution in [1.29, 1.82) is 0 Å². The molecule has 5 nitrogen and oxygen atoms in total. The van der Waals surface area contributed by atoms with Crippen molar-refractivity contribution in [3.05, 3.63) is 35.4 Å². The number of anilines is 1. The quantitative estimate of drug-likeness (QED) is 0.538. The van der Waals surface area contributed by atoms with E-state index < -0.39 is 0 Å². The van der Waals surface area contributed by atoms with Crippen LogP contribution in [0.2, 0.25) is 0 Å². The van der Waals surface area contributed by atoms with Gasteiger partial charge in [-0.2, -0.15) is 0 Å². The molecule has 1 aromatic carbocycles. The highest BCUT2D eigenvalue weighted by molar-refractivity contribution is 8.01. The minimum atomic E-state index is 0.0578. The predicted octanol–water partition coefficient (Wildman–Crippen LogP) is 4.04. The first-order valence-corrected chi connectivity index (χ1v) is 10.6. The average Bonchev–Trinajstić information content (AvgIpc) is 3.08. The number of unbranched alkanes of at least 4 members (excludes halogenated alkanes) is 1. The van der Waals surface area contributed by atoms with Gasteiger partial charge < -0.3 is 10.6 Å². The first-order valence-electron chi connectivity index (χ1n) is 8.83.